The normalized spacial score (nSPS) is 10.7. The second kappa shape index (κ2) is 8.02. The molecule has 0 aliphatic heterocycles. The summed E-state index contributed by atoms with van der Waals surface area (Å²) in [6.45, 7) is 2.45. The number of amides is 1. The fourth-order valence-corrected chi connectivity index (χ4v) is 3.61. The van der Waals surface area contributed by atoms with Crippen LogP contribution in [0.4, 0.5) is 0 Å². The first-order chi connectivity index (χ1) is 11.7. The maximum atomic E-state index is 11.8. The molecule has 0 bridgehead atoms. The van der Waals surface area contributed by atoms with Gasteiger partial charge in [0.25, 0.3) is 0 Å². The molecule has 0 aliphatic carbocycles. The SMILES string of the molecule is Cc1csc(SCC(=O)NCCc2nc(-c3cccnc3)n[nH]2)n1. The maximum Gasteiger partial charge on any atom is 0.230 e. The molecule has 124 valence electrons. The Morgan fingerprint density at radius 2 is 2.33 bits per heavy atom. The monoisotopic (exact) mass is 360 g/mol. The molecule has 7 nitrogen and oxygen atoms in total. The number of hydrogen-bond donors (Lipinski definition) is 2. The smallest absolute Gasteiger partial charge is 0.230 e. The van der Waals surface area contributed by atoms with Crippen LogP contribution in [0.1, 0.15) is 11.5 Å². The molecule has 0 spiro atoms. The van der Waals surface area contributed by atoms with E-state index in [0.717, 1.165) is 21.4 Å². The van der Waals surface area contributed by atoms with Gasteiger partial charge in [-0.05, 0) is 19.1 Å². The Bertz CT molecular complexity index is 801. The van der Waals surface area contributed by atoms with Gasteiger partial charge >= 0.3 is 0 Å². The number of H-pyrrole nitrogens is 1. The van der Waals surface area contributed by atoms with Gasteiger partial charge in [-0.2, -0.15) is 5.10 Å². The summed E-state index contributed by atoms with van der Waals surface area (Å²) in [5, 5.41) is 11.9. The number of nitrogens with one attached hydrogen (secondary N) is 2. The fourth-order valence-electron chi connectivity index (χ4n) is 1.93. The van der Waals surface area contributed by atoms with E-state index in [0.29, 0.717) is 24.5 Å². The number of nitrogens with zero attached hydrogens (tertiary/aromatic N) is 4. The summed E-state index contributed by atoms with van der Waals surface area (Å²) in [5.41, 5.74) is 1.84. The zero-order chi connectivity index (χ0) is 16.8. The predicted molar refractivity (Wildman–Crippen MR) is 93.9 cm³/mol. The summed E-state index contributed by atoms with van der Waals surface area (Å²) in [4.78, 5) is 24.6. The largest absolute Gasteiger partial charge is 0.355 e. The van der Waals surface area contributed by atoms with Crippen LogP contribution in [0.5, 0.6) is 0 Å². The number of pyridine rings is 1. The van der Waals surface area contributed by atoms with E-state index in [1.807, 2.05) is 24.4 Å². The number of hydrogen-bond acceptors (Lipinski definition) is 7. The number of rotatable bonds is 7. The van der Waals surface area contributed by atoms with E-state index in [9.17, 15) is 4.79 Å². The van der Waals surface area contributed by atoms with E-state index in [2.05, 4.69) is 30.5 Å². The van der Waals surface area contributed by atoms with E-state index in [1.54, 1.807) is 23.7 Å². The number of carbonyl (C=O) groups is 1. The number of aromatic nitrogens is 5. The van der Waals surface area contributed by atoms with Crippen molar-refractivity contribution in [1.29, 1.82) is 0 Å². The molecule has 0 aliphatic rings. The van der Waals surface area contributed by atoms with Crippen molar-refractivity contribution in [3.8, 4) is 11.4 Å². The summed E-state index contributed by atoms with van der Waals surface area (Å²) in [6, 6.07) is 3.74. The van der Waals surface area contributed by atoms with Gasteiger partial charge in [0, 0.05) is 42.0 Å². The standard InChI is InChI=1S/C15H16N6OS2/c1-10-8-23-15(18-10)24-9-13(22)17-6-4-12-19-14(21-20-12)11-3-2-5-16-7-11/h2-3,5,7-8H,4,6,9H2,1H3,(H,17,22)(H,19,20,21). The Balaban J connectivity index is 1.41. The summed E-state index contributed by atoms with van der Waals surface area (Å²) >= 11 is 3.01. The van der Waals surface area contributed by atoms with E-state index < -0.39 is 0 Å². The Kier molecular flexibility index (Phi) is 5.55. The molecule has 3 aromatic rings. The quantitative estimate of drug-likeness (QED) is 0.626. The molecule has 0 saturated heterocycles. The third-order valence-corrected chi connectivity index (χ3v) is 5.20. The topological polar surface area (TPSA) is 96.5 Å². The minimum absolute atomic E-state index is 0.0140. The zero-order valence-electron chi connectivity index (χ0n) is 13.0. The maximum absolute atomic E-state index is 11.8. The number of carbonyl (C=O) groups excluding carboxylic acids is 1. The first-order valence-corrected chi connectivity index (χ1v) is 9.20. The number of thioether (sulfide) groups is 1. The van der Waals surface area contributed by atoms with Gasteiger partial charge in [-0.25, -0.2) is 9.97 Å². The van der Waals surface area contributed by atoms with Gasteiger partial charge in [0.05, 0.1) is 5.75 Å². The molecule has 0 unspecified atom stereocenters. The van der Waals surface area contributed by atoms with Crippen molar-refractivity contribution in [2.45, 2.75) is 17.7 Å². The molecule has 0 fully saturated rings. The highest BCUT2D eigenvalue weighted by atomic mass is 32.2. The van der Waals surface area contributed by atoms with Crippen molar-refractivity contribution in [3.05, 3.63) is 41.4 Å². The number of aromatic amines is 1. The fraction of sp³-hybridized carbons (Fsp3) is 0.267. The molecular weight excluding hydrogens is 344 g/mol. The van der Waals surface area contributed by atoms with Gasteiger partial charge < -0.3 is 5.32 Å². The summed E-state index contributed by atoms with van der Waals surface area (Å²) in [6.07, 6.45) is 4.02. The van der Waals surface area contributed by atoms with Gasteiger partial charge in [0.15, 0.2) is 10.2 Å². The first-order valence-electron chi connectivity index (χ1n) is 7.34. The molecule has 0 saturated carbocycles. The van der Waals surface area contributed by atoms with Gasteiger partial charge in [-0.1, -0.05) is 11.8 Å². The first kappa shape index (κ1) is 16.6. The van der Waals surface area contributed by atoms with Crippen LogP contribution < -0.4 is 5.32 Å². The van der Waals surface area contributed by atoms with Crippen LogP contribution in [0.15, 0.2) is 34.2 Å². The number of thiazole rings is 1. The average Bonchev–Trinajstić information content (AvgIpc) is 3.23. The average molecular weight is 360 g/mol. The minimum atomic E-state index is -0.0140. The van der Waals surface area contributed by atoms with Crippen molar-refractivity contribution in [1.82, 2.24) is 30.5 Å². The van der Waals surface area contributed by atoms with Crippen molar-refractivity contribution in [2.24, 2.45) is 0 Å². The molecule has 24 heavy (non-hydrogen) atoms. The highest BCUT2D eigenvalue weighted by Gasteiger charge is 2.08. The molecule has 9 heteroatoms. The van der Waals surface area contributed by atoms with Gasteiger partial charge in [0.1, 0.15) is 5.82 Å². The lowest BCUT2D eigenvalue weighted by Gasteiger charge is -2.02. The Morgan fingerprint density at radius 3 is 3.08 bits per heavy atom. The summed E-state index contributed by atoms with van der Waals surface area (Å²) in [5.74, 6) is 1.70. The minimum Gasteiger partial charge on any atom is -0.355 e. The molecule has 3 aromatic heterocycles. The molecule has 2 N–H and O–H groups in total. The van der Waals surface area contributed by atoms with E-state index in [-0.39, 0.29) is 5.91 Å². The van der Waals surface area contributed by atoms with Crippen LogP contribution in [-0.4, -0.2) is 43.4 Å². The Hall–Kier alpha value is -2.26. The van der Waals surface area contributed by atoms with Crippen LogP contribution >= 0.6 is 23.1 Å². The van der Waals surface area contributed by atoms with Crippen LogP contribution in [-0.2, 0) is 11.2 Å². The van der Waals surface area contributed by atoms with Crippen molar-refractivity contribution in [3.63, 3.8) is 0 Å². The van der Waals surface area contributed by atoms with Crippen LogP contribution in [0, 0.1) is 6.92 Å². The van der Waals surface area contributed by atoms with E-state index in [1.165, 1.54) is 11.8 Å². The summed E-state index contributed by atoms with van der Waals surface area (Å²) < 4.78 is 0.916. The van der Waals surface area contributed by atoms with Gasteiger partial charge in [-0.3, -0.25) is 14.9 Å². The molecule has 0 radical (unpaired) electrons. The van der Waals surface area contributed by atoms with Crippen LogP contribution in [0.2, 0.25) is 0 Å². The van der Waals surface area contributed by atoms with Crippen molar-refractivity contribution < 1.29 is 4.79 Å². The molecule has 3 heterocycles. The lowest BCUT2D eigenvalue weighted by atomic mass is 10.3. The predicted octanol–water partition coefficient (Wildman–Crippen LogP) is 2.08. The second-order valence-corrected chi connectivity index (χ2v) is 7.07. The highest BCUT2D eigenvalue weighted by Crippen LogP contribution is 2.21. The molecule has 3 rings (SSSR count). The summed E-state index contributed by atoms with van der Waals surface area (Å²) in [7, 11) is 0. The van der Waals surface area contributed by atoms with E-state index >= 15 is 0 Å². The molecule has 0 aromatic carbocycles. The van der Waals surface area contributed by atoms with Crippen molar-refractivity contribution in [2.75, 3.05) is 12.3 Å². The lowest BCUT2D eigenvalue weighted by Crippen LogP contribution is -2.27. The molecule has 1 amide bonds. The highest BCUT2D eigenvalue weighted by molar-refractivity contribution is 8.01. The van der Waals surface area contributed by atoms with Crippen molar-refractivity contribution >= 4 is 29.0 Å². The van der Waals surface area contributed by atoms with Crippen LogP contribution in [0.25, 0.3) is 11.4 Å². The van der Waals surface area contributed by atoms with Gasteiger partial charge in [0.2, 0.25) is 5.91 Å². The third kappa shape index (κ3) is 4.62. The molecule has 0 atom stereocenters. The third-order valence-electron chi connectivity index (χ3n) is 3.06. The second-order valence-electron chi connectivity index (χ2n) is 4.99. The van der Waals surface area contributed by atoms with Crippen LogP contribution in [0.3, 0.4) is 0 Å². The molecular formula is C15H16N6OS2. The Labute approximate surface area is 147 Å². The lowest BCUT2D eigenvalue weighted by molar-refractivity contribution is -0.118. The Morgan fingerprint density at radius 1 is 1.42 bits per heavy atom. The zero-order valence-corrected chi connectivity index (χ0v) is 14.7. The number of aryl methyl sites for hydroxylation is 1. The van der Waals surface area contributed by atoms with E-state index in [4.69, 9.17) is 0 Å². The van der Waals surface area contributed by atoms with Gasteiger partial charge in [-0.15, -0.1) is 11.3 Å².